The van der Waals surface area contributed by atoms with E-state index in [1.807, 2.05) is 18.2 Å². The van der Waals surface area contributed by atoms with E-state index in [9.17, 15) is 4.79 Å². The number of rotatable bonds is 4. The molecule has 0 bridgehead atoms. The van der Waals surface area contributed by atoms with E-state index in [0.717, 1.165) is 29.7 Å². The third kappa shape index (κ3) is 3.17. The highest BCUT2D eigenvalue weighted by Gasteiger charge is 2.18. The van der Waals surface area contributed by atoms with Crippen LogP contribution in [0.15, 0.2) is 65.8 Å². The Labute approximate surface area is 178 Å². The van der Waals surface area contributed by atoms with E-state index < -0.39 is 0 Å². The molecule has 1 aromatic heterocycles. The Morgan fingerprint density at radius 1 is 1.07 bits per heavy atom. The van der Waals surface area contributed by atoms with Crippen LogP contribution in [0, 0.1) is 0 Å². The molecule has 6 heteroatoms. The van der Waals surface area contributed by atoms with Gasteiger partial charge in [0.2, 0.25) is 0 Å². The average Bonchev–Trinajstić information content (AvgIpc) is 3.41. The number of benzene rings is 3. The van der Waals surface area contributed by atoms with Gasteiger partial charge in [0.15, 0.2) is 0 Å². The van der Waals surface area contributed by atoms with Gasteiger partial charge in [-0.3, -0.25) is 9.89 Å². The second-order valence-corrected chi connectivity index (χ2v) is 7.80. The van der Waals surface area contributed by atoms with Crippen molar-refractivity contribution in [3.8, 4) is 11.3 Å². The summed E-state index contributed by atoms with van der Waals surface area (Å²) in [6, 6.07) is 19.8. The lowest BCUT2D eigenvalue weighted by molar-refractivity contribution is 0.0950. The number of amides is 1. The standard InChI is InChI=1S/C24H19ClN4O/c1-14(17-6-2-3-8-20(17)25)26-29-24(30)22-13-21(27-28-22)18-12-11-16-10-9-15-5-4-7-19(18)23(15)16/h2-8,11-13H,9-10H2,1H3,(H,27,28)(H,29,30). The van der Waals surface area contributed by atoms with E-state index in [1.165, 1.54) is 21.9 Å². The molecule has 5 nitrogen and oxygen atoms in total. The molecule has 2 N–H and O–H groups in total. The van der Waals surface area contributed by atoms with Gasteiger partial charge in [-0.25, -0.2) is 5.43 Å². The van der Waals surface area contributed by atoms with E-state index >= 15 is 0 Å². The van der Waals surface area contributed by atoms with Crippen molar-refractivity contribution in [1.29, 1.82) is 0 Å². The number of aromatic nitrogens is 2. The number of nitrogens with zero attached hydrogens (tertiary/aromatic N) is 2. The van der Waals surface area contributed by atoms with Crippen LogP contribution in [0.2, 0.25) is 5.02 Å². The third-order valence-electron chi connectivity index (χ3n) is 5.56. The van der Waals surface area contributed by atoms with Crippen LogP contribution in [0.4, 0.5) is 0 Å². The smallest absolute Gasteiger partial charge is 0.272 e. The molecule has 1 amide bonds. The van der Waals surface area contributed by atoms with Gasteiger partial charge in [0.1, 0.15) is 5.69 Å². The van der Waals surface area contributed by atoms with Crippen molar-refractivity contribution in [3.63, 3.8) is 0 Å². The maximum absolute atomic E-state index is 12.6. The van der Waals surface area contributed by atoms with Crippen molar-refractivity contribution in [1.82, 2.24) is 15.6 Å². The summed E-state index contributed by atoms with van der Waals surface area (Å²) in [7, 11) is 0. The van der Waals surface area contributed by atoms with Crippen molar-refractivity contribution in [2.75, 3.05) is 0 Å². The predicted octanol–water partition coefficient (Wildman–Crippen LogP) is 5.14. The molecule has 0 unspecified atom stereocenters. The Morgan fingerprint density at radius 3 is 2.70 bits per heavy atom. The van der Waals surface area contributed by atoms with Crippen LogP contribution in [0.25, 0.3) is 22.0 Å². The predicted molar refractivity (Wildman–Crippen MR) is 120 cm³/mol. The summed E-state index contributed by atoms with van der Waals surface area (Å²) in [5.74, 6) is -0.355. The number of hydrogen-bond donors (Lipinski definition) is 2. The summed E-state index contributed by atoms with van der Waals surface area (Å²) in [5.41, 5.74) is 8.84. The minimum absolute atomic E-state index is 0.351. The SMILES string of the molecule is CC(=NNC(=O)c1cc(-c2ccc3c4c(cccc24)CC3)n[nH]1)c1ccccc1Cl. The van der Waals surface area contributed by atoms with E-state index in [1.54, 1.807) is 19.1 Å². The zero-order chi connectivity index (χ0) is 20.7. The minimum Gasteiger partial charge on any atom is -0.272 e. The fourth-order valence-electron chi connectivity index (χ4n) is 4.06. The van der Waals surface area contributed by atoms with Crippen molar-refractivity contribution in [3.05, 3.63) is 88.1 Å². The zero-order valence-electron chi connectivity index (χ0n) is 16.4. The average molecular weight is 415 g/mol. The normalized spacial score (nSPS) is 13.1. The van der Waals surface area contributed by atoms with Gasteiger partial charge in [-0.05, 0) is 53.8 Å². The van der Waals surface area contributed by atoms with Crippen LogP contribution < -0.4 is 5.43 Å². The lowest BCUT2D eigenvalue weighted by Gasteiger charge is -2.06. The molecule has 4 aromatic rings. The molecule has 1 heterocycles. The van der Waals surface area contributed by atoms with E-state index in [4.69, 9.17) is 11.6 Å². The molecule has 1 aliphatic rings. The molecule has 0 saturated carbocycles. The summed E-state index contributed by atoms with van der Waals surface area (Å²) in [4.78, 5) is 12.6. The van der Waals surface area contributed by atoms with Gasteiger partial charge in [-0.15, -0.1) is 0 Å². The summed E-state index contributed by atoms with van der Waals surface area (Å²) in [6.45, 7) is 1.80. The Bertz CT molecular complexity index is 1310. The molecule has 0 aliphatic heterocycles. The molecule has 3 aromatic carbocycles. The third-order valence-corrected chi connectivity index (χ3v) is 5.89. The number of H-pyrrole nitrogens is 1. The van der Waals surface area contributed by atoms with Crippen molar-refractivity contribution < 1.29 is 4.79 Å². The molecule has 0 atom stereocenters. The monoisotopic (exact) mass is 414 g/mol. The first-order valence-electron chi connectivity index (χ1n) is 9.80. The molecule has 0 fully saturated rings. The molecule has 30 heavy (non-hydrogen) atoms. The van der Waals surface area contributed by atoms with Gasteiger partial charge < -0.3 is 0 Å². The molecule has 0 spiro atoms. The fraction of sp³-hybridized carbons (Fsp3) is 0.125. The molecule has 0 radical (unpaired) electrons. The van der Waals surface area contributed by atoms with Crippen LogP contribution in [0.5, 0.6) is 0 Å². The highest BCUT2D eigenvalue weighted by molar-refractivity contribution is 6.34. The van der Waals surface area contributed by atoms with Crippen molar-refractivity contribution >= 4 is 34.0 Å². The van der Waals surface area contributed by atoms with Gasteiger partial charge in [-0.2, -0.15) is 10.2 Å². The number of carbonyl (C=O) groups excluding carboxylic acids is 1. The first-order valence-corrected chi connectivity index (χ1v) is 10.2. The van der Waals surface area contributed by atoms with Crippen LogP contribution in [-0.2, 0) is 12.8 Å². The summed E-state index contributed by atoms with van der Waals surface area (Å²) in [5, 5.41) is 14.5. The Balaban J connectivity index is 1.41. The van der Waals surface area contributed by atoms with E-state index in [2.05, 4.69) is 51.1 Å². The molecular formula is C24H19ClN4O. The highest BCUT2D eigenvalue weighted by atomic mass is 35.5. The maximum atomic E-state index is 12.6. The topological polar surface area (TPSA) is 70.1 Å². The second-order valence-electron chi connectivity index (χ2n) is 7.40. The van der Waals surface area contributed by atoms with Gasteiger partial charge in [0.05, 0.1) is 11.4 Å². The van der Waals surface area contributed by atoms with E-state index in [-0.39, 0.29) is 5.91 Å². The number of hydrazone groups is 1. The largest absolute Gasteiger partial charge is 0.289 e. The van der Waals surface area contributed by atoms with Gasteiger partial charge >= 0.3 is 0 Å². The Kier molecular flexibility index (Phi) is 4.60. The molecule has 5 rings (SSSR count). The number of carbonyl (C=O) groups is 1. The van der Waals surface area contributed by atoms with Crippen LogP contribution in [0.1, 0.15) is 34.1 Å². The lowest BCUT2D eigenvalue weighted by Crippen LogP contribution is -2.19. The van der Waals surface area contributed by atoms with Crippen molar-refractivity contribution in [2.24, 2.45) is 5.10 Å². The van der Waals surface area contributed by atoms with Gasteiger partial charge in [-0.1, -0.05) is 60.1 Å². The number of halogens is 1. The Morgan fingerprint density at radius 2 is 1.87 bits per heavy atom. The minimum atomic E-state index is -0.355. The fourth-order valence-corrected chi connectivity index (χ4v) is 4.33. The first kappa shape index (κ1) is 18.6. The summed E-state index contributed by atoms with van der Waals surface area (Å²) in [6.07, 6.45) is 2.15. The molecule has 1 aliphatic carbocycles. The summed E-state index contributed by atoms with van der Waals surface area (Å²) >= 11 is 6.19. The van der Waals surface area contributed by atoms with Crippen LogP contribution in [-0.4, -0.2) is 21.8 Å². The first-order chi connectivity index (χ1) is 14.6. The van der Waals surface area contributed by atoms with Crippen molar-refractivity contribution in [2.45, 2.75) is 19.8 Å². The Hall–Kier alpha value is -3.44. The number of nitrogens with one attached hydrogen (secondary N) is 2. The van der Waals surface area contributed by atoms with E-state index in [0.29, 0.717) is 16.4 Å². The number of aryl methyl sites for hydroxylation is 2. The van der Waals surface area contributed by atoms with Crippen LogP contribution >= 0.6 is 11.6 Å². The quantitative estimate of drug-likeness (QED) is 0.358. The molecular weight excluding hydrogens is 396 g/mol. The highest BCUT2D eigenvalue weighted by Crippen LogP contribution is 2.36. The summed E-state index contributed by atoms with van der Waals surface area (Å²) < 4.78 is 0. The zero-order valence-corrected chi connectivity index (χ0v) is 17.1. The number of hydrogen-bond acceptors (Lipinski definition) is 3. The molecule has 148 valence electrons. The van der Waals surface area contributed by atoms with Gasteiger partial charge in [0.25, 0.3) is 5.91 Å². The maximum Gasteiger partial charge on any atom is 0.289 e. The number of aromatic amines is 1. The lowest BCUT2D eigenvalue weighted by atomic mass is 9.98. The van der Waals surface area contributed by atoms with Gasteiger partial charge in [0, 0.05) is 16.1 Å². The second kappa shape index (κ2) is 7.43. The molecule has 0 saturated heterocycles. The van der Waals surface area contributed by atoms with Crippen LogP contribution in [0.3, 0.4) is 0 Å².